The molecule has 3 heteroatoms. The van der Waals surface area contributed by atoms with E-state index in [4.69, 9.17) is 11.6 Å². The van der Waals surface area contributed by atoms with Gasteiger partial charge in [0.2, 0.25) is 0 Å². The number of esters is 1. The van der Waals surface area contributed by atoms with Crippen molar-refractivity contribution < 1.29 is 9.53 Å². The monoisotopic (exact) mass is 226 g/mol. The second-order valence-electron chi connectivity index (χ2n) is 3.57. The zero-order chi connectivity index (χ0) is 11.3. The second-order valence-corrected chi connectivity index (χ2v) is 4.01. The van der Waals surface area contributed by atoms with Gasteiger partial charge in [-0.05, 0) is 30.0 Å². The molecule has 1 aromatic carbocycles. The first-order valence-electron chi connectivity index (χ1n) is 4.95. The molecular formula is C12H15ClO2. The average Bonchev–Trinajstić information content (AvgIpc) is 2.25. The Balaban J connectivity index is 2.53. The van der Waals surface area contributed by atoms with Crippen molar-refractivity contribution in [2.24, 2.45) is 0 Å². The van der Waals surface area contributed by atoms with Crippen molar-refractivity contribution in [3.63, 3.8) is 0 Å². The Bertz CT molecular complexity index is 336. The third-order valence-electron chi connectivity index (χ3n) is 2.43. The average molecular weight is 227 g/mol. The Morgan fingerprint density at radius 1 is 1.53 bits per heavy atom. The van der Waals surface area contributed by atoms with Crippen molar-refractivity contribution in [2.45, 2.75) is 25.7 Å². The van der Waals surface area contributed by atoms with Gasteiger partial charge in [0, 0.05) is 11.4 Å². The molecule has 0 bridgehead atoms. The first-order valence-corrected chi connectivity index (χ1v) is 5.33. The Morgan fingerprint density at radius 2 is 2.27 bits per heavy atom. The summed E-state index contributed by atoms with van der Waals surface area (Å²) in [4.78, 5) is 11.0. The van der Waals surface area contributed by atoms with Crippen LogP contribution in [0.1, 0.15) is 31.2 Å². The van der Waals surface area contributed by atoms with E-state index in [-0.39, 0.29) is 5.97 Å². The molecule has 0 radical (unpaired) electrons. The Labute approximate surface area is 95.2 Å². The fourth-order valence-corrected chi connectivity index (χ4v) is 1.61. The molecular weight excluding hydrogens is 212 g/mol. The number of ether oxygens (including phenoxy) is 1. The van der Waals surface area contributed by atoms with Crippen LogP contribution in [-0.2, 0) is 9.53 Å². The molecule has 0 amide bonds. The molecule has 0 fully saturated rings. The first kappa shape index (κ1) is 12.1. The topological polar surface area (TPSA) is 26.3 Å². The van der Waals surface area contributed by atoms with Gasteiger partial charge in [0.05, 0.1) is 7.11 Å². The number of halogens is 1. The van der Waals surface area contributed by atoms with E-state index in [2.05, 4.69) is 11.7 Å². The summed E-state index contributed by atoms with van der Waals surface area (Å²) in [7, 11) is 1.41. The normalized spacial score (nSPS) is 12.2. The van der Waals surface area contributed by atoms with E-state index >= 15 is 0 Å². The largest absolute Gasteiger partial charge is 0.469 e. The van der Waals surface area contributed by atoms with Gasteiger partial charge in [-0.15, -0.1) is 0 Å². The van der Waals surface area contributed by atoms with Gasteiger partial charge in [0.25, 0.3) is 0 Å². The van der Waals surface area contributed by atoms with Crippen LogP contribution in [0.25, 0.3) is 0 Å². The summed E-state index contributed by atoms with van der Waals surface area (Å²) in [6.45, 7) is 2.08. The highest BCUT2D eigenvalue weighted by molar-refractivity contribution is 6.30. The molecule has 0 aliphatic heterocycles. The standard InChI is InChI=1S/C12H15ClO2/c1-9(6-7-12(14)15-2)10-4-3-5-11(13)8-10/h3-5,8-9H,6-7H2,1-2H3. The van der Waals surface area contributed by atoms with Crippen LogP contribution in [-0.4, -0.2) is 13.1 Å². The molecule has 0 aliphatic rings. The molecule has 1 atom stereocenters. The van der Waals surface area contributed by atoms with Crippen molar-refractivity contribution in [3.8, 4) is 0 Å². The summed E-state index contributed by atoms with van der Waals surface area (Å²) in [5, 5.41) is 0.734. The van der Waals surface area contributed by atoms with Gasteiger partial charge in [0.15, 0.2) is 0 Å². The van der Waals surface area contributed by atoms with E-state index in [1.807, 2.05) is 24.3 Å². The second kappa shape index (κ2) is 5.76. The summed E-state index contributed by atoms with van der Waals surface area (Å²) in [5.41, 5.74) is 1.16. The summed E-state index contributed by atoms with van der Waals surface area (Å²) < 4.78 is 4.60. The highest BCUT2D eigenvalue weighted by Gasteiger charge is 2.08. The highest BCUT2D eigenvalue weighted by Crippen LogP contribution is 2.23. The van der Waals surface area contributed by atoms with Gasteiger partial charge in [-0.25, -0.2) is 0 Å². The zero-order valence-electron chi connectivity index (χ0n) is 9.00. The van der Waals surface area contributed by atoms with Gasteiger partial charge in [-0.2, -0.15) is 0 Å². The van der Waals surface area contributed by atoms with E-state index in [1.54, 1.807) is 0 Å². The molecule has 0 spiro atoms. The van der Waals surface area contributed by atoms with Crippen LogP contribution in [0.3, 0.4) is 0 Å². The minimum Gasteiger partial charge on any atom is -0.469 e. The highest BCUT2D eigenvalue weighted by atomic mass is 35.5. The van der Waals surface area contributed by atoms with Crippen LogP contribution in [0.15, 0.2) is 24.3 Å². The van der Waals surface area contributed by atoms with E-state index in [0.717, 1.165) is 17.0 Å². The van der Waals surface area contributed by atoms with Gasteiger partial charge in [0.1, 0.15) is 0 Å². The van der Waals surface area contributed by atoms with Gasteiger partial charge < -0.3 is 4.74 Å². The predicted molar refractivity (Wildman–Crippen MR) is 61.1 cm³/mol. The molecule has 0 saturated carbocycles. The van der Waals surface area contributed by atoms with Crippen molar-refractivity contribution in [1.82, 2.24) is 0 Å². The maximum Gasteiger partial charge on any atom is 0.305 e. The van der Waals surface area contributed by atoms with Crippen molar-refractivity contribution in [2.75, 3.05) is 7.11 Å². The van der Waals surface area contributed by atoms with Gasteiger partial charge in [-0.1, -0.05) is 30.7 Å². The summed E-state index contributed by atoms with van der Waals surface area (Å²) in [6, 6.07) is 7.72. The smallest absolute Gasteiger partial charge is 0.305 e. The van der Waals surface area contributed by atoms with E-state index in [1.165, 1.54) is 7.11 Å². The lowest BCUT2D eigenvalue weighted by atomic mass is 9.96. The molecule has 0 aliphatic carbocycles. The lowest BCUT2D eigenvalue weighted by Crippen LogP contribution is -2.03. The number of methoxy groups -OCH3 is 1. The third-order valence-corrected chi connectivity index (χ3v) is 2.66. The first-order chi connectivity index (χ1) is 7.13. The molecule has 0 aromatic heterocycles. The van der Waals surface area contributed by atoms with Crippen LogP contribution in [0.5, 0.6) is 0 Å². The number of carbonyl (C=O) groups excluding carboxylic acids is 1. The molecule has 15 heavy (non-hydrogen) atoms. The maximum absolute atomic E-state index is 11.0. The van der Waals surface area contributed by atoms with Crippen LogP contribution < -0.4 is 0 Å². The predicted octanol–water partition coefficient (Wildman–Crippen LogP) is 3.40. The molecule has 0 heterocycles. The third kappa shape index (κ3) is 3.92. The number of hydrogen-bond donors (Lipinski definition) is 0. The molecule has 0 N–H and O–H groups in total. The van der Waals surface area contributed by atoms with Gasteiger partial charge >= 0.3 is 5.97 Å². The molecule has 1 unspecified atom stereocenters. The van der Waals surface area contributed by atoms with Crippen LogP contribution in [0, 0.1) is 0 Å². The maximum atomic E-state index is 11.0. The minimum atomic E-state index is -0.163. The summed E-state index contributed by atoms with van der Waals surface area (Å²) in [5.74, 6) is 0.159. The van der Waals surface area contributed by atoms with Gasteiger partial charge in [-0.3, -0.25) is 4.79 Å². The van der Waals surface area contributed by atoms with Crippen LogP contribution in [0.2, 0.25) is 5.02 Å². The quantitative estimate of drug-likeness (QED) is 0.736. The summed E-state index contributed by atoms with van der Waals surface area (Å²) in [6.07, 6.45) is 1.23. The van der Waals surface area contributed by atoms with E-state index in [9.17, 15) is 4.79 Å². The van der Waals surface area contributed by atoms with E-state index < -0.39 is 0 Å². The minimum absolute atomic E-state index is 0.163. The molecule has 2 nitrogen and oxygen atoms in total. The number of hydrogen-bond acceptors (Lipinski definition) is 2. The Kier molecular flexibility index (Phi) is 4.63. The SMILES string of the molecule is COC(=O)CCC(C)c1cccc(Cl)c1. The molecule has 82 valence electrons. The lowest BCUT2D eigenvalue weighted by Gasteiger charge is -2.10. The van der Waals surface area contributed by atoms with Crippen molar-refractivity contribution in [1.29, 1.82) is 0 Å². The number of rotatable bonds is 4. The fourth-order valence-electron chi connectivity index (χ4n) is 1.42. The number of benzene rings is 1. The van der Waals surface area contributed by atoms with Crippen LogP contribution >= 0.6 is 11.6 Å². The fraction of sp³-hybridized carbons (Fsp3) is 0.417. The number of carbonyl (C=O) groups is 1. The lowest BCUT2D eigenvalue weighted by molar-refractivity contribution is -0.140. The summed E-state index contributed by atoms with van der Waals surface area (Å²) >= 11 is 5.89. The molecule has 0 saturated heterocycles. The van der Waals surface area contributed by atoms with Crippen LogP contribution in [0.4, 0.5) is 0 Å². The van der Waals surface area contributed by atoms with Crippen molar-refractivity contribution in [3.05, 3.63) is 34.9 Å². The van der Waals surface area contributed by atoms with Crippen molar-refractivity contribution >= 4 is 17.6 Å². The molecule has 1 aromatic rings. The zero-order valence-corrected chi connectivity index (χ0v) is 9.75. The Morgan fingerprint density at radius 3 is 2.87 bits per heavy atom. The van der Waals surface area contributed by atoms with E-state index in [0.29, 0.717) is 12.3 Å². The molecule has 1 rings (SSSR count). The Hall–Kier alpha value is -1.02.